The van der Waals surface area contributed by atoms with E-state index in [0.717, 1.165) is 50.5 Å². The first-order chi connectivity index (χ1) is 10.7. The molecule has 22 heavy (non-hydrogen) atoms. The normalized spacial score (nSPS) is 17.7. The summed E-state index contributed by atoms with van der Waals surface area (Å²) in [5, 5.41) is 4.09. The van der Waals surface area contributed by atoms with Gasteiger partial charge in [0.2, 0.25) is 0 Å². The van der Waals surface area contributed by atoms with Crippen molar-refractivity contribution in [3.05, 3.63) is 40.4 Å². The predicted molar refractivity (Wildman–Crippen MR) is 89.2 cm³/mol. The van der Waals surface area contributed by atoms with Crippen LogP contribution >= 0.6 is 0 Å². The van der Waals surface area contributed by atoms with E-state index < -0.39 is 0 Å². The van der Waals surface area contributed by atoms with Crippen LogP contribution in [0.25, 0.3) is 10.9 Å². The fourth-order valence-electron chi connectivity index (χ4n) is 3.18. The molecule has 1 aromatic heterocycles. The van der Waals surface area contributed by atoms with Crippen molar-refractivity contribution in [2.75, 3.05) is 26.2 Å². The maximum atomic E-state index is 12.8. The number of hydrogen-bond donors (Lipinski definition) is 1. The predicted octanol–water partition coefficient (Wildman–Crippen LogP) is 1.77. The van der Waals surface area contributed by atoms with Crippen molar-refractivity contribution >= 4 is 10.9 Å². The van der Waals surface area contributed by atoms with Crippen molar-refractivity contribution in [2.45, 2.75) is 32.9 Å². The Balaban J connectivity index is 2.09. The lowest BCUT2D eigenvalue weighted by Gasteiger charge is -2.33. The molecular weight excluding hydrogens is 276 g/mol. The highest BCUT2D eigenvalue weighted by Gasteiger charge is 2.23. The lowest BCUT2D eigenvalue weighted by molar-refractivity contribution is 0.174. The molecule has 1 saturated heterocycles. The lowest BCUT2D eigenvalue weighted by Crippen LogP contribution is -2.45. The zero-order valence-corrected chi connectivity index (χ0v) is 13.4. The highest BCUT2D eigenvalue weighted by atomic mass is 16.1. The van der Waals surface area contributed by atoms with Gasteiger partial charge in [-0.25, -0.2) is 4.98 Å². The molecule has 0 amide bonds. The van der Waals surface area contributed by atoms with Gasteiger partial charge in [-0.2, -0.15) is 0 Å². The van der Waals surface area contributed by atoms with Gasteiger partial charge in [-0.1, -0.05) is 19.1 Å². The van der Waals surface area contributed by atoms with Gasteiger partial charge in [0.15, 0.2) is 0 Å². The third-order valence-corrected chi connectivity index (χ3v) is 4.41. The fourth-order valence-corrected chi connectivity index (χ4v) is 3.18. The second-order valence-corrected chi connectivity index (χ2v) is 5.91. The molecule has 0 aliphatic carbocycles. The monoisotopic (exact) mass is 300 g/mol. The Kier molecular flexibility index (Phi) is 4.55. The van der Waals surface area contributed by atoms with Crippen molar-refractivity contribution in [3.8, 4) is 0 Å². The van der Waals surface area contributed by atoms with E-state index in [1.54, 1.807) is 0 Å². The second kappa shape index (κ2) is 6.58. The SMILES string of the molecule is CCCn1c(C(C)N2CCNCC2)nc2ccccc2c1=O. The van der Waals surface area contributed by atoms with Gasteiger partial charge in [0.1, 0.15) is 5.82 Å². The molecule has 1 fully saturated rings. The highest BCUT2D eigenvalue weighted by Crippen LogP contribution is 2.20. The van der Waals surface area contributed by atoms with Crippen LogP contribution in [0.5, 0.6) is 0 Å². The largest absolute Gasteiger partial charge is 0.314 e. The number of benzene rings is 1. The quantitative estimate of drug-likeness (QED) is 0.935. The number of fused-ring (bicyclic) bond motifs is 1. The molecule has 1 unspecified atom stereocenters. The Labute approximate surface area is 131 Å². The van der Waals surface area contributed by atoms with E-state index in [2.05, 4.69) is 24.1 Å². The average molecular weight is 300 g/mol. The molecule has 1 atom stereocenters. The topological polar surface area (TPSA) is 50.2 Å². The van der Waals surface area contributed by atoms with Crippen LogP contribution in [0.15, 0.2) is 29.1 Å². The summed E-state index contributed by atoms with van der Waals surface area (Å²) in [6.07, 6.45) is 0.932. The highest BCUT2D eigenvalue weighted by molar-refractivity contribution is 5.77. The number of rotatable bonds is 4. The third-order valence-electron chi connectivity index (χ3n) is 4.41. The van der Waals surface area contributed by atoms with E-state index in [1.165, 1.54) is 0 Å². The first-order valence-corrected chi connectivity index (χ1v) is 8.16. The Morgan fingerprint density at radius 3 is 2.73 bits per heavy atom. The van der Waals surface area contributed by atoms with Crippen LogP contribution in [0.2, 0.25) is 0 Å². The standard InChI is InChI=1S/C17H24N4O/c1-3-10-21-16(13(2)20-11-8-18-9-12-20)19-15-7-5-4-6-14(15)17(21)22/h4-7,13,18H,3,8-12H2,1-2H3. The van der Waals surface area contributed by atoms with Crippen LogP contribution in [-0.4, -0.2) is 40.6 Å². The van der Waals surface area contributed by atoms with Gasteiger partial charge in [-0.3, -0.25) is 14.3 Å². The number of para-hydroxylation sites is 1. The van der Waals surface area contributed by atoms with Crippen LogP contribution < -0.4 is 10.9 Å². The van der Waals surface area contributed by atoms with E-state index in [1.807, 2.05) is 28.8 Å². The van der Waals surface area contributed by atoms with Gasteiger partial charge in [-0.05, 0) is 25.5 Å². The Morgan fingerprint density at radius 2 is 2.00 bits per heavy atom. The molecule has 2 heterocycles. The van der Waals surface area contributed by atoms with Crippen LogP contribution in [0.1, 0.15) is 32.1 Å². The molecule has 3 rings (SSSR count). The molecule has 1 aliphatic rings. The van der Waals surface area contributed by atoms with Crippen LogP contribution in [0.4, 0.5) is 0 Å². The number of aromatic nitrogens is 2. The molecular formula is C17H24N4O. The van der Waals surface area contributed by atoms with Gasteiger partial charge in [0.25, 0.3) is 5.56 Å². The van der Waals surface area contributed by atoms with E-state index in [9.17, 15) is 4.79 Å². The Hall–Kier alpha value is -1.72. The second-order valence-electron chi connectivity index (χ2n) is 5.91. The first-order valence-electron chi connectivity index (χ1n) is 8.16. The van der Waals surface area contributed by atoms with E-state index in [0.29, 0.717) is 5.39 Å². The molecule has 2 aromatic rings. The third kappa shape index (κ3) is 2.78. The summed E-state index contributed by atoms with van der Waals surface area (Å²) in [4.78, 5) is 20.1. The molecule has 1 aromatic carbocycles. The molecule has 1 aliphatic heterocycles. The van der Waals surface area contributed by atoms with Crippen molar-refractivity contribution in [3.63, 3.8) is 0 Å². The molecule has 118 valence electrons. The van der Waals surface area contributed by atoms with Gasteiger partial charge in [0, 0.05) is 32.7 Å². The number of nitrogens with one attached hydrogen (secondary N) is 1. The van der Waals surface area contributed by atoms with Crippen LogP contribution in [0.3, 0.4) is 0 Å². The van der Waals surface area contributed by atoms with Gasteiger partial charge in [0.05, 0.1) is 16.9 Å². The molecule has 0 bridgehead atoms. The fraction of sp³-hybridized carbons (Fsp3) is 0.529. The zero-order valence-electron chi connectivity index (χ0n) is 13.4. The Morgan fingerprint density at radius 1 is 1.27 bits per heavy atom. The molecule has 1 N–H and O–H groups in total. The molecule has 5 heteroatoms. The minimum absolute atomic E-state index is 0.0874. The summed E-state index contributed by atoms with van der Waals surface area (Å²) < 4.78 is 1.87. The van der Waals surface area contributed by atoms with Crippen molar-refractivity contribution < 1.29 is 0 Å². The molecule has 0 saturated carbocycles. The number of piperazine rings is 1. The maximum Gasteiger partial charge on any atom is 0.261 e. The van der Waals surface area contributed by atoms with Gasteiger partial charge < -0.3 is 5.32 Å². The van der Waals surface area contributed by atoms with Gasteiger partial charge >= 0.3 is 0 Å². The summed E-state index contributed by atoms with van der Waals surface area (Å²) in [5.74, 6) is 0.896. The maximum absolute atomic E-state index is 12.8. The van der Waals surface area contributed by atoms with Gasteiger partial charge in [-0.15, -0.1) is 0 Å². The Bertz CT molecular complexity index is 703. The molecule has 5 nitrogen and oxygen atoms in total. The number of nitrogens with zero attached hydrogens (tertiary/aromatic N) is 3. The van der Waals surface area contributed by atoms with Crippen LogP contribution in [-0.2, 0) is 6.54 Å². The minimum Gasteiger partial charge on any atom is -0.314 e. The summed E-state index contributed by atoms with van der Waals surface area (Å²) >= 11 is 0. The summed E-state index contributed by atoms with van der Waals surface area (Å²) in [6.45, 7) is 8.97. The van der Waals surface area contributed by atoms with Crippen molar-refractivity contribution in [1.29, 1.82) is 0 Å². The van der Waals surface area contributed by atoms with Crippen LogP contribution in [0, 0.1) is 0 Å². The zero-order chi connectivity index (χ0) is 15.5. The molecule has 0 spiro atoms. The van der Waals surface area contributed by atoms with Crippen molar-refractivity contribution in [2.24, 2.45) is 0 Å². The number of hydrogen-bond acceptors (Lipinski definition) is 4. The minimum atomic E-state index is 0.0874. The van der Waals surface area contributed by atoms with E-state index in [-0.39, 0.29) is 11.6 Å². The smallest absolute Gasteiger partial charge is 0.261 e. The van der Waals surface area contributed by atoms with E-state index >= 15 is 0 Å². The lowest BCUT2D eigenvalue weighted by atomic mass is 10.2. The summed E-state index contributed by atoms with van der Waals surface area (Å²) in [6, 6.07) is 7.81. The van der Waals surface area contributed by atoms with Crippen molar-refractivity contribution in [1.82, 2.24) is 19.8 Å². The summed E-state index contributed by atoms with van der Waals surface area (Å²) in [5.41, 5.74) is 0.890. The molecule has 0 radical (unpaired) electrons. The first kappa shape index (κ1) is 15.2. The van der Waals surface area contributed by atoms with E-state index in [4.69, 9.17) is 4.98 Å². The summed E-state index contributed by atoms with van der Waals surface area (Å²) in [7, 11) is 0. The average Bonchev–Trinajstić information content (AvgIpc) is 2.57.